The van der Waals surface area contributed by atoms with Gasteiger partial charge in [-0.3, -0.25) is 24.6 Å². The van der Waals surface area contributed by atoms with Crippen molar-refractivity contribution in [1.29, 1.82) is 0 Å². The summed E-state index contributed by atoms with van der Waals surface area (Å²) in [4.78, 5) is 43.6. The van der Waals surface area contributed by atoms with Gasteiger partial charge < -0.3 is 9.40 Å². The molecule has 4 rings (SSSR count). The normalized spacial score (nSPS) is 16.0. The summed E-state index contributed by atoms with van der Waals surface area (Å²) in [6.45, 7) is 3.56. The van der Waals surface area contributed by atoms with E-state index in [1.54, 1.807) is 38.1 Å². The number of thioether (sulfide) groups is 1. The van der Waals surface area contributed by atoms with Gasteiger partial charge in [-0.1, -0.05) is 0 Å². The van der Waals surface area contributed by atoms with Crippen molar-refractivity contribution in [3.05, 3.63) is 51.1 Å². The van der Waals surface area contributed by atoms with Crippen LogP contribution < -0.4 is 0 Å². The molecule has 3 aromatic rings. The second-order valence-electron chi connectivity index (χ2n) is 6.40. The van der Waals surface area contributed by atoms with Crippen molar-refractivity contribution in [2.75, 3.05) is 0 Å². The van der Waals surface area contributed by atoms with Gasteiger partial charge in [-0.2, -0.15) is 0 Å². The Kier molecular flexibility index (Phi) is 4.92. The minimum absolute atomic E-state index is 0.0201. The average Bonchev–Trinajstić information content (AvgIpc) is 3.32. The predicted molar refractivity (Wildman–Crippen MR) is 109 cm³/mol. The standard InChI is InChI=1S/C18H14N4O5S2/c1-9(2)21-16(23)14(28-18(21)24)8-11-4-6-15(27-11)29-17-19-12-5-3-10(22(25)26)7-13(12)20-17/h3-9H,1-2H3,(H,19,20). The topological polar surface area (TPSA) is 122 Å². The first kappa shape index (κ1) is 19.3. The molecule has 0 unspecified atom stereocenters. The van der Waals surface area contributed by atoms with Crippen molar-refractivity contribution in [3.63, 3.8) is 0 Å². The molecule has 1 aromatic carbocycles. The van der Waals surface area contributed by atoms with Crippen LogP contribution >= 0.6 is 23.5 Å². The summed E-state index contributed by atoms with van der Waals surface area (Å²) < 4.78 is 5.71. The molecule has 0 saturated carbocycles. The van der Waals surface area contributed by atoms with E-state index >= 15 is 0 Å². The molecular formula is C18H14N4O5S2. The number of H-pyrrole nitrogens is 1. The molecule has 11 heteroatoms. The number of nitro groups is 1. The minimum atomic E-state index is -0.465. The Labute approximate surface area is 172 Å². The third kappa shape index (κ3) is 3.78. The summed E-state index contributed by atoms with van der Waals surface area (Å²) in [6.07, 6.45) is 1.54. The maximum Gasteiger partial charge on any atom is 0.293 e. The number of fused-ring (bicyclic) bond motifs is 1. The second-order valence-corrected chi connectivity index (χ2v) is 8.39. The number of nitro benzene ring substituents is 1. The molecule has 2 aromatic heterocycles. The number of carbonyl (C=O) groups is 2. The number of benzene rings is 1. The van der Waals surface area contributed by atoms with Crippen molar-refractivity contribution >= 4 is 57.5 Å². The molecule has 0 spiro atoms. The number of furan rings is 1. The summed E-state index contributed by atoms with van der Waals surface area (Å²) in [5.41, 5.74) is 1.14. The van der Waals surface area contributed by atoms with Crippen LogP contribution in [0.4, 0.5) is 10.5 Å². The Morgan fingerprint density at radius 3 is 2.79 bits per heavy atom. The second kappa shape index (κ2) is 7.41. The van der Waals surface area contributed by atoms with E-state index in [1.165, 1.54) is 28.8 Å². The lowest BCUT2D eigenvalue weighted by Crippen LogP contribution is -2.34. The van der Waals surface area contributed by atoms with Crippen LogP contribution in [0, 0.1) is 10.1 Å². The zero-order chi connectivity index (χ0) is 20.7. The van der Waals surface area contributed by atoms with Crippen molar-refractivity contribution < 1.29 is 18.9 Å². The maximum absolute atomic E-state index is 12.3. The summed E-state index contributed by atoms with van der Waals surface area (Å²) in [7, 11) is 0. The fourth-order valence-electron chi connectivity index (χ4n) is 2.75. The number of non-ortho nitro benzene ring substituents is 1. The number of carbonyl (C=O) groups excluding carboxylic acids is 2. The number of imidazole rings is 1. The van der Waals surface area contributed by atoms with E-state index in [-0.39, 0.29) is 22.9 Å². The number of nitrogens with one attached hydrogen (secondary N) is 1. The molecular weight excluding hydrogens is 416 g/mol. The molecule has 0 radical (unpaired) electrons. The maximum atomic E-state index is 12.3. The molecule has 0 bridgehead atoms. The van der Waals surface area contributed by atoms with Crippen molar-refractivity contribution in [3.8, 4) is 0 Å². The number of hydrogen-bond donors (Lipinski definition) is 1. The van der Waals surface area contributed by atoms with E-state index in [0.29, 0.717) is 31.9 Å². The highest BCUT2D eigenvalue weighted by atomic mass is 32.2. The van der Waals surface area contributed by atoms with E-state index in [1.807, 2.05) is 0 Å². The molecule has 3 heterocycles. The first-order valence-electron chi connectivity index (χ1n) is 8.51. The van der Waals surface area contributed by atoms with Gasteiger partial charge in [0.25, 0.3) is 16.8 Å². The molecule has 1 fully saturated rings. The van der Waals surface area contributed by atoms with Crippen LogP contribution in [0.15, 0.2) is 49.9 Å². The molecule has 0 aliphatic carbocycles. The molecule has 2 amide bonds. The minimum Gasteiger partial charge on any atom is -0.450 e. The van der Waals surface area contributed by atoms with Gasteiger partial charge in [0.1, 0.15) is 5.76 Å². The fraction of sp³-hybridized carbons (Fsp3) is 0.167. The molecule has 1 saturated heterocycles. The van der Waals surface area contributed by atoms with Crippen LogP contribution in [-0.4, -0.2) is 37.0 Å². The molecule has 29 heavy (non-hydrogen) atoms. The van der Waals surface area contributed by atoms with Gasteiger partial charge in [-0.25, -0.2) is 4.98 Å². The molecule has 1 N–H and O–H groups in total. The number of hydrogen-bond acceptors (Lipinski definition) is 8. The number of imide groups is 1. The molecule has 148 valence electrons. The number of nitrogens with zero attached hydrogens (tertiary/aromatic N) is 3. The Morgan fingerprint density at radius 2 is 2.10 bits per heavy atom. The van der Waals surface area contributed by atoms with E-state index in [4.69, 9.17) is 4.42 Å². The van der Waals surface area contributed by atoms with Crippen LogP contribution in [-0.2, 0) is 4.79 Å². The van der Waals surface area contributed by atoms with Crippen LogP contribution in [0.1, 0.15) is 19.6 Å². The van der Waals surface area contributed by atoms with Gasteiger partial charge in [0.2, 0.25) is 0 Å². The van der Waals surface area contributed by atoms with E-state index in [2.05, 4.69) is 9.97 Å². The quantitative estimate of drug-likeness (QED) is 0.352. The highest BCUT2D eigenvalue weighted by Crippen LogP contribution is 2.35. The third-order valence-corrected chi connectivity index (χ3v) is 5.76. The van der Waals surface area contributed by atoms with E-state index < -0.39 is 4.92 Å². The van der Waals surface area contributed by atoms with Gasteiger partial charge in [-0.05, 0) is 55.6 Å². The van der Waals surface area contributed by atoms with Gasteiger partial charge in [0, 0.05) is 24.3 Å². The summed E-state index contributed by atoms with van der Waals surface area (Å²) in [5, 5.41) is 11.6. The Morgan fingerprint density at radius 1 is 1.31 bits per heavy atom. The van der Waals surface area contributed by atoms with Gasteiger partial charge in [0.05, 0.1) is 20.9 Å². The highest BCUT2D eigenvalue weighted by Gasteiger charge is 2.36. The Balaban J connectivity index is 1.53. The molecule has 1 aliphatic heterocycles. The lowest BCUT2D eigenvalue weighted by molar-refractivity contribution is -0.384. The van der Waals surface area contributed by atoms with Gasteiger partial charge in [0.15, 0.2) is 10.2 Å². The SMILES string of the molecule is CC(C)N1C(=O)SC(=Cc2ccc(Sc3nc4ccc([N+](=O)[O-])cc4[nH]3)o2)C1=O. The zero-order valence-electron chi connectivity index (χ0n) is 15.2. The summed E-state index contributed by atoms with van der Waals surface area (Å²) >= 11 is 2.09. The number of aromatic amines is 1. The van der Waals surface area contributed by atoms with Crippen LogP contribution in [0.3, 0.4) is 0 Å². The van der Waals surface area contributed by atoms with Crippen molar-refractivity contribution in [1.82, 2.24) is 14.9 Å². The van der Waals surface area contributed by atoms with Crippen molar-refractivity contribution in [2.45, 2.75) is 30.1 Å². The van der Waals surface area contributed by atoms with Gasteiger partial charge >= 0.3 is 0 Å². The van der Waals surface area contributed by atoms with Crippen LogP contribution in [0.5, 0.6) is 0 Å². The zero-order valence-corrected chi connectivity index (χ0v) is 16.9. The van der Waals surface area contributed by atoms with Gasteiger partial charge in [-0.15, -0.1) is 0 Å². The van der Waals surface area contributed by atoms with E-state index in [9.17, 15) is 19.7 Å². The lowest BCUT2D eigenvalue weighted by atomic mass is 10.3. The molecule has 9 nitrogen and oxygen atoms in total. The Hall–Kier alpha value is -3.05. The third-order valence-electron chi connectivity index (χ3n) is 4.07. The first-order valence-corrected chi connectivity index (χ1v) is 10.1. The lowest BCUT2D eigenvalue weighted by Gasteiger charge is -2.16. The number of aromatic nitrogens is 2. The average molecular weight is 430 g/mol. The van der Waals surface area contributed by atoms with E-state index in [0.717, 1.165) is 11.8 Å². The summed E-state index contributed by atoms with van der Waals surface area (Å²) in [5.74, 6) is 0.105. The van der Waals surface area contributed by atoms with Crippen molar-refractivity contribution in [2.24, 2.45) is 0 Å². The summed E-state index contributed by atoms with van der Waals surface area (Å²) in [6, 6.07) is 7.60. The predicted octanol–water partition coefficient (Wildman–Crippen LogP) is 4.66. The largest absolute Gasteiger partial charge is 0.450 e. The van der Waals surface area contributed by atoms with Crippen LogP contribution in [0.25, 0.3) is 17.1 Å². The molecule has 1 aliphatic rings. The van der Waals surface area contributed by atoms with Crippen LogP contribution in [0.2, 0.25) is 0 Å². The monoisotopic (exact) mass is 430 g/mol. The molecule has 0 atom stereocenters. The Bertz CT molecular complexity index is 1180. The highest BCUT2D eigenvalue weighted by molar-refractivity contribution is 8.18. The number of amides is 2. The first-order chi connectivity index (χ1) is 13.8. The fourth-order valence-corrected chi connectivity index (χ4v) is 4.46. The number of rotatable bonds is 5. The smallest absolute Gasteiger partial charge is 0.293 e.